The van der Waals surface area contributed by atoms with E-state index in [2.05, 4.69) is 19.9 Å². The van der Waals surface area contributed by atoms with Crippen molar-refractivity contribution < 1.29 is 37.4 Å². The van der Waals surface area contributed by atoms with Crippen LogP contribution in [0.3, 0.4) is 0 Å². The highest BCUT2D eigenvalue weighted by Gasteiger charge is 2.18. The summed E-state index contributed by atoms with van der Waals surface area (Å²) in [5, 5.41) is 13.0. The van der Waals surface area contributed by atoms with Crippen LogP contribution in [0.2, 0.25) is 0 Å². The van der Waals surface area contributed by atoms with E-state index in [-0.39, 0.29) is 29.8 Å². The number of primary amides is 1. The smallest absolute Gasteiger partial charge is 0.404 e. The summed E-state index contributed by atoms with van der Waals surface area (Å²) >= 11 is 0. The Morgan fingerprint density at radius 3 is 2.73 bits per heavy atom. The number of hydrogen-bond donors (Lipinski definition) is 2. The molecule has 0 unspecified atom stereocenters. The molecular weight excluding hydrogens is 406 g/mol. The Balaban J connectivity index is 1.68. The number of alkyl halides is 2. The number of nitrogens with two attached hydrogens (primary N) is 1. The fourth-order valence-electron chi connectivity index (χ4n) is 2.38. The van der Waals surface area contributed by atoms with Crippen molar-refractivity contribution in [3.63, 3.8) is 0 Å². The van der Waals surface area contributed by atoms with Gasteiger partial charge in [-0.3, -0.25) is 0 Å². The number of nitrogens with zero attached hydrogens (tertiary/aromatic N) is 3. The van der Waals surface area contributed by atoms with Crippen molar-refractivity contribution in [2.24, 2.45) is 5.73 Å². The maximum atomic E-state index is 12.2. The Morgan fingerprint density at radius 1 is 1.23 bits per heavy atom. The van der Waals surface area contributed by atoms with Crippen molar-refractivity contribution in [1.82, 2.24) is 15.1 Å². The predicted octanol–water partition coefficient (Wildman–Crippen LogP) is 2.52. The van der Waals surface area contributed by atoms with Crippen molar-refractivity contribution in [1.29, 1.82) is 0 Å². The number of halogens is 2. The molecule has 30 heavy (non-hydrogen) atoms. The third kappa shape index (κ3) is 5.85. The van der Waals surface area contributed by atoms with Crippen LogP contribution in [0.25, 0.3) is 11.4 Å². The number of aliphatic hydroxyl groups is 1. The van der Waals surface area contributed by atoms with Crippen LogP contribution in [0.5, 0.6) is 17.4 Å². The van der Waals surface area contributed by atoms with Gasteiger partial charge in [-0.05, 0) is 18.2 Å². The molecule has 3 N–H and O–H groups in total. The molecule has 10 nitrogen and oxygen atoms in total. The van der Waals surface area contributed by atoms with E-state index in [9.17, 15) is 18.7 Å². The Kier molecular flexibility index (Phi) is 6.70. The van der Waals surface area contributed by atoms with Gasteiger partial charge in [0.2, 0.25) is 17.6 Å². The molecule has 0 radical (unpaired) electrons. The molecule has 2 aromatic heterocycles. The quantitative estimate of drug-likeness (QED) is 0.532. The summed E-state index contributed by atoms with van der Waals surface area (Å²) in [6.45, 7) is -3.40. The van der Waals surface area contributed by atoms with Crippen LogP contribution in [0, 0.1) is 0 Å². The van der Waals surface area contributed by atoms with E-state index in [0.29, 0.717) is 11.3 Å². The van der Waals surface area contributed by atoms with Crippen LogP contribution in [0.15, 0.2) is 47.1 Å². The van der Waals surface area contributed by atoms with Gasteiger partial charge >= 0.3 is 12.7 Å². The van der Waals surface area contributed by atoms with Gasteiger partial charge in [0.05, 0.1) is 19.2 Å². The number of ether oxygens (including phenoxy) is 3. The van der Waals surface area contributed by atoms with Gasteiger partial charge in [-0.25, -0.2) is 9.78 Å². The molecule has 3 aromatic rings. The topological polar surface area (TPSA) is 143 Å². The number of aliphatic hydroxyl groups excluding tert-OH is 1. The Bertz CT molecular complexity index is 983. The zero-order chi connectivity index (χ0) is 21.5. The van der Waals surface area contributed by atoms with E-state index < -0.39 is 25.4 Å². The number of hydrogen-bond acceptors (Lipinski definition) is 9. The first-order valence-corrected chi connectivity index (χ1v) is 8.51. The average molecular weight is 422 g/mol. The largest absolute Gasteiger partial charge is 0.443 e. The highest BCUT2D eigenvalue weighted by molar-refractivity contribution is 5.64. The number of carbonyl (C=O) groups excluding carboxylic acids is 1. The minimum absolute atomic E-state index is 0.0143. The van der Waals surface area contributed by atoms with Gasteiger partial charge in [0.15, 0.2) is 0 Å². The minimum Gasteiger partial charge on any atom is -0.443 e. The van der Waals surface area contributed by atoms with E-state index in [4.69, 9.17) is 19.7 Å². The van der Waals surface area contributed by atoms with Crippen molar-refractivity contribution >= 4 is 6.09 Å². The number of rotatable bonds is 9. The minimum atomic E-state index is -2.94. The van der Waals surface area contributed by atoms with E-state index >= 15 is 0 Å². The first kappa shape index (κ1) is 20.9. The highest BCUT2D eigenvalue weighted by Crippen LogP contribution is 2.26. The third-order valence-electron chi connectivity index (χ3n) is 3.61. The van der Waals surface area contributed by atoms with Crippen molar-refractivity contribution in [3.8, 4) is 28.8 Å². The fourth-order valence-corrected chi connectivity index (χ4v) is 2.38. The predicted molar refractivity (Wildman–Crippen MR) is 95.9 cm³/mol. The molecule has 2 heterocycles. The van der Waals surface area contributed by atoms with Crippen LogP contribution in [0.4, 0.5) is 13.6 Å². The highest BCUT2D eigenvalue weighted by atomic mass is 19.3. The second kappa shape index (κ2) is 9.60. The van der Waals surface area contributed by atoms with E-state index in [0.717, 1.165) is 6.20 Å². The molecule has 0 aliphatic heterocycles. The summed E-state index contributed by atoms with van der Waals surface area (Å²) in [7, 11) is 0. The Hall–Kier alpha value is -3.80. The van der Waals surface area contributed by atoms with Gasteiger partial charge in [0.25, 0.3) is 0 Å². The van der Waals surface area contributed by atoms with Crippen molar-refractivity contribution in [2.45, 2.75) is 19.1 Å². The lowest BCUT2D eigenvalue weighted by molar-refractivity contribution is -0.0501. The molecule has 1 atom stereocenters. The second-order valence-electron chi connectivity index (χ2n) is 5.80. The number of amides is 1. The number of carbonyl (C=O) groups is 1. The molecule has 0 spiro atoms. The molecule has 0 aliphatic carbocycles. The van der Waals surface area contributed by atoms with Crippen LogP contribution < -0.4 is 15.2 Å². The summed E-state index contributed by atoms with van der Waals surface area (Å²) in [5.74, 6) is 0.829. The lowest BCUT2D eigenvalue weighted by atomic mass is 10.2. The summed E-state index contributed by atoms with van der Waals surface area (Å²) < 4.78 is 44.0. The molecule has 0 bridgehead atoms. The lowest BCUT2D eigenvalue weighted by Gasteiger charge is -2.10. The maximum absolute atomic E-state index is 12.2. The van der Waals surface area contributed by atoms with E-state index in [1.165, 1.54) is 12.1 Å². The summed E-state index contributed by atoms with van der Waals surface area (Å²) in [4.78, 5) is 18.9. The van der Waals surface area contributed by atoms with Crippen molar-refractivity contribution in [2.75, 3.05) is 6.61 Å². The molecule has 0 saturated heterocycles. The molecular formula is C18H16F2N4O6. The van der Waals surface area contributed by atoms with Gasteiger partial charge in [0.1, 0.15) is 17.6 Å². The Morgan fingerprint density at radius 2 is 2.07 bits per heavy atom. The zero-order valence-corrected chi connectivity index (χ0v) is 15.3. The normalized spacial score (nSPS) is 11.9. The number of benzene rings is 1. The van der Waals surface area contributed by atoms with Gasteiger partial charge < -0.3 is 29.6 Å². The molecule has 0 fully saturated rings. The first-order valence-electron chi connectivity index (χ1n) is 8.51. The number of aromatic nitrogens is 3. The molecule has 3 rings (SSSR count). The third-order valence-corrected chi connectivity index (χ3v) is 3.61. The standard InChI is InChI=1S/C18H16F2N4O6/c19-17(20)28-12-4-5-14(22-8-12)27-11-3-1-2-10(6-11)16-23-15(30-24-16)7-13(9-25)29-18(21)26/h1-6,8,13,17,25H,7,9H2,(H2,21,26)/t13-/m0/s1. The monoisotopic (exact) mass is 422 g/mol. The molecule has 0 aliphatic rings. The Labute approximate surface area is 168 Å². The van der Waals surface area contributed by atoms with Crippen molar-refractivity contribution in [3.05, 3.63) is 48.5 Å². The van der Waals surface area contributed by atoms with Crippen LogP contribution in [-0.2, 0) is 11.2 Å². The SMILES string of the molecule is NC(=O)O[C@H](CO)Cc1nc(-c2cccc(Oc3ccc(OC(F)F)cn3)c2)no1. The van der Waals surface area contributed by atoms with Gasteiger partial charge in [-0.1, -0.05) is 17.3 Å². The van der Waals surface area contributed by atoms with Gasteiger partial charge in [0, 0.05) is 11.6 Å². The molecule has 1 aromatic carbocycles. The molecule has 158 valence electrons. The number of pyridine rings is 1. The van der Waals surface area contributed by atoms with E-state index in [1.54, 1.807) is 24.3 Å². The first-order chi connectivity index (χ1) is 14.4. The lowest BCUT2D eigenvalue weighted by Crippen LogP contribution is -2.27. The van der Waals surface area contributed by atoms with E-state index in [1.807, 2.05) is 0 Å². The molecule has 0 saturated carbocycles. The second-order valence-corrected chi connectivity index (χ2v) is 5.80. The zero-order valence-electron chi connectivity index (χ0n) is 15.3. The summed E-state index contributed by atoms with van der Waals surface area (Å²) in [6, 6.07) is 9.33. The maximum Gasteiger partial charge on any atom is 0.404 e. The molecule has 1 amide bonds. The van der Waals surface area contributed by atoms with Gasteiger partial charge in [-0.2, -0.15) is 13.8 Å². The fraction of sp³-hybridized carbons (Fsp3) is 0.222. The van der Waals surface area contributed by atoms with Crippen LogP contribution in [-0.4, -0.2) is 45.6 Å². The molecule has 12 heteroatoms. The average Bonchev–Trinajstić information content (AvgIpc) is 3.17. The van der Waals surface area contributed by atoms with Crippen LogP contribution in [0.1, 0.15) is 5.89 Å². The van der Waals surface area contributed by atoms with Gasteiger partial charge in [-0.15, -0.1) is 0 Å². The summed E-state index contributed by atoms with van der Waals surface area (Å²) in [6.07, 6.45) is -0.836. The summed E-state index contributed by atoms with van der Waals surface area (Å²) in [5.41, 5.74) is 5.48. The van der Waals surface area contributed by atoms with Crippen LogP contribution >= 0.6 is 0 Å².